The van der Waals surface area contributed by atoms with Gasteiger partial charge >= 0.3 is 6.03 Å². The molecule has 24 heavy (non-hydrogen) atoms. The van der Waals surface area contributed by atoms with E-state index >= 15 is 0 Å². The molecule has 0 aliphatic carbocycles. The summed E-state index contributed by atoms with van der Waals surface area (Å²) in [5.41, 5.74) is 3.21. The van der Waals surface area contributed by atoms with E-state index < -0.39 is 0 Å². The fourth-order valence-electron chi connectivity index (χ4n) is 2.49. The van der Waals surface area contributed by atoms with Crippen molar-refractivity contribution < 1.29 is 9.53 Å². The Morgan fingerprint density at radius 3 is 2.54 bits per heavy atom. The van der Waals surface area contributed by atoms with Crippen LogP contribution >= 0.6 is 0 Å². The number of carbonyl (C=O) groups excluding carboxylic acids is 1. The summed E-state index contributed by atoms with van der Waals surface area (Å²) in [4.78, 5) is 16.6. The molecule has 2 rings (SSSR count). The molecule has 0 aliphatic rings. The summed E-state index contributed by atoms with van der Waals surface area (Å²) < 4.78 is 5.05. The van der Waals surface area contributed by atoms with E-state index in [1.54, 1.807) is 13.3 Å². The zero-order valence-electron chi connectivity index (χ0n) is 14.5. The number of ether oxygens (including phenoxy) is 1. The average Bonchev–Trinajstić information content (AvgIpc) is 2.57. The molecular weight excluding hydrogens is 302 g/mol. The van der Waals surface area contributed by atoms with Crippen LogP contribution < -0.4 is 10.6 Å². The Labute approximate surface area is 143 Å². The lowest BCUT2D eigenvalue weighted by molar-refractivity contribution is 0.170. The quantitative estimate of drug-likeness (QED) is 0.822. The van der Waals surface area contributed by atoms with E-state index in [0.717, 1.165) is 11.3 Å². The van der Waals surface area contributed by atoms with E-state index in [-0.39, 0.29) is 18.1 Å². The lowest BCUT2D eigenvalue weighted by atomic mass is 10.0. The van der Waals surface area contributed by atoms with Crippen LogP contribution in [0.5, 0.6) is 0 Å². The first-order chi connectivity index (χ1) is 11.6. The SMILES string of the molecule is COC[C@H](C)NC(=O)N[C@H](Cc1ccc(C)cc1)c1ccccn1. The monoisotopic (exact) mass is 327 g/mol. The second-order valence-electron chi connectivity index (χ2n) is 5.97. The van der Waals surface area contributed by atoms with Gasteiger partial charge in [-0.2, -0.15) is 0 Å². The van der Waals surface area contributed by atoms with Gasteiger partial charge in [0.2, 0.25) is 0 Å². The highest BCUT2D eigenvalue weighted by Crippen LogP contribution is 2.17. The second-order valence-corrected chi connectivity index (χ2v) is 5.97. The molecule has 0 fully saturated rings. The third-order valence-corrected chi connectivity index (χ3v) is 3.70. The zero-order chi connectivity index (χ0) is 17.4. The molecule has 5 heteroatoms. The third kappa shape index (κ3) is 5.66. The van der Waals surface area contributed by atoms with Gasteiger partial charge in [-0.3, -0.25) is 4.98 Å². The van der Waals surface area contributed by atoms with Crippen molar-refractivity contribution >= 4 is 6.03 Å². The molecule has 0 saturated carbocycles. The second kappa shape index (κ2) is 9.03. The maximum atomic E-state index is 12.3. The van der Waals surface area contributed by atoms with Crippen LogP contribution in [0.25, 0.3) is 0 Å². The van der Waals surface area contributed by atoms with Crippen molar-refractivity contribution in [1.82, 2.24) is 15.6 Å². The molecule has 1 heterocycles. The van der Waals surface area contributed by atoms with E-state index in [2.05, 4.69) is 46.8 Å². The fraction of sp³-hybridized carbons (Fsp3) is 0.368. The highest BCUT2D eigenvalue weighted by molar-refractivity contribution is 5.74. The van der Waals surface area contributed by atoms with Crippen molar-refractivity contribution in [1.29, 1.82) is 0 Å². The Morgan fingerprint density at radius 2 is 1.92 bits per heavy atom. The maximum absolute atomic E-state index is 12.3. The van der Waals surface area contributed by atoms with Crippen LogP contribution in [-0.2, 0) is 11.2 Å². The number of aromatic nitrogens is 1. The number of rotatable bonds is 7. The molecule has 0 aliphatic heterocycles. The van der Waals surface area contributed by atoms with Gasteiger partial charge in [0.15, 0.2) is 0 Å². The number of nitrogens with one attached hydrogen (secondary N) is 2. The van der Waals surface area contributed by atoms with Gasteiger partial charge in [-0.1, -0.05) is 35.9 Å². The molecule has 0 bridgehead atoms. The van der Waals surface area contributed by atoms with Crippen molar-refractivity contribution in [3.8, 4) is 0 Å². The summed E-state index contributed by atoms with van der Waals surface area (Å²) in [6.45, 7) is 4.43. The molecule has 0 unspecified atom stereocenters. The van der Waals surface area contributed by atoms with Crippen LogP contribution in [0.15, 0.2) is 48.7 Å². The van der Waals surface area contributed by atoms with Crippen molar-refractivity contribution in [3.05, 3.63) is 65.5 Å². The molecule has 2 N–H and O–H groups in total. The number of methoxy groups -OCH3 is 1. The van der Waals surface area contributed by atoms with E-state index in [4.69, 9.17) is 4.74 Å². The van der Waals surface area contributed by atoms with E-state index in [1.807, 2.05) is 25.1 Å². The van der Waals surface area contributed by atoms with Crippen molar-refractivity contribution in [2.75, 3.05) is 13.7 Å². The molecule has 0 spiro atoms. The molecule has 5 nitrogen and oxygen atoms in total. The van der Waals surface area contributed by atoms with Gasteiger partial charge in [0, 0.05) is 13.3 Å². The van der Waals surface area contributed by atoms with Gasteiger partial charge in [-0.15, -0.1) is 0 Å². The minimum Gasteiger partial charge on any atom is -0.383 e. The number of hydrogen-bond acceptors (Lipinski definition) is 3. The number of carbonyl (C=O) groups is 1. The largest absolute Gasteiger partial charge is 0.383 e. The van der Waals surface area contributed by atoms with Crippen LogP contribution in [0, 0.1) is 6.92 Å². The summed E-state index contributed by atoms with van der Waals surface area (Å²) in [5.74, 6) is 0. The molecule has 1 aromatic heterocycles. The Balaban J connectivity index is 2.08. The number of nitrogens with zero attached hydrogens (tertiary/aromatic N) is 1. The standard InChI is InChI=1S/C19H25N3O2/c1-14-7-9-16(10-8-14)12-18(17-6-4-5-11-20-17)22-19(23)21-15(2)13-24-3/h4-11,15,18H,12-13H2,1-3H3,(H2,21,22,23)/t15-,18+/m0/s1. The number of pyridine rings is 1. The highest BCUT2D eigenvalue weighted by Gasteiger charge is 2.17. The predicted octanol–water partition coefficient (Wildman–Crippen LogP) is 3.01. The molecule has 128 valence electrons. The van der Waals surface area contributed by atoms with Gasteiger partial charge in [0.1, 0.15) is 0 Å². The molecule has 2 aromatic rings. The maximum Gasteiger partial charge on any atom is 0.315 e. The number of aryl methyl sites for hydroxylation is 1. The Kier molecular flexibility index (Phi) is 6.75. The summed E-state index contributed by atoms with van der Waals surface area (Å²) in [7, 11) is 1.62. The summed E-state index contributed by atoms with van der Waals surface area (Å²) in [5, 5.41) is 5.89. The van der Waals surface area contributed by atoms with E-state index in [9.17, 15) is 4.79 Å². The Hall–Kier alpha value is -2.40. The molecule has 2 amide bonds. The van der Waals surface area contributed by atoms with E-state index in [1.165, 1.54) is 5.56 Å². The van der Waals surface area contributed by atoms with E-state index in [0.29, 0.717) is 13.0 Å². The molecule has 1 aromatic carbocycles. The average molecular weight is 327 g/mol. The smallest absolute Gasteiger partial charge is 0.315 e. The fourth-order valence-corrected chi connectivity index (χ4v) is 2.49. The molecular formula is C19H25N3O2. The normalized spacial score (nSPS) is 13.1. The first-order valence-electron chi connectivity index (χ1n) is 8.11. The lowest BCUT2D eigenvalue weighted by Gasteiger charge is -2.21. The van der Waals surface area contributed by atoms with Crippen molar-refractivity contribution in [2.24, 2.45) is 0 Å². The molecule has 0 radical (unpaired) electrons. The topological polar surface area (TPSA) is 63.2 Å². The van der Waals surface area contributed by atoms with Gasteiger partial charge < -0.3 is 15.4 Å². The molecule has 2 atom stereocenters. The number of urea groups is 1. The van der Waals surface area contributed by atoms with Gasteiger partial charge in [0.25, 0.3) is 0 Å². The van der Waals surface area contributed by atoms with Crippen LogP contribution in [0.1, 0.15) is 29.8 Å². The van der Waals surface area contributed by atoms with Crippen LogP contribution in [0.2, 0.25) is 0 Å². The minimum absolute atomic E-state index is 0.0567. The first kappa shape index (κ1) is 17.9. The third-order valence-electron chi connectivity index (χ3n) is 3.70. The predicted molar refractivity (Wildman–Crippen MR) is 94.9 cm³/mol. The number of hydrogen-bond donors (Lipinski definition) is 2. The van der Waals surface area contributed by atoms with Gasteiger partial charge in [-0.25, -0.2) is 4.79 Å². The van der Waals surface area contributed by atoms with Gasteiger partial charge in [-0.05, 0) is 38.0 Å². The number of benzene rings is 1. The zero-order valence-corrected chi connectivity index (χ0v) is 14.5. The van der Waals surface area contributed by atoms with Crippen LogP contribution in [0.3, 0.4) is 0 Å². The van der Waals surface area contributed by atoms with Crippen molar-refractivity contribution in [2.45, 2.75) is 32.4 Å². The summed E-state index contributed by atoms with van der Waals surface area (Å²) in [6.07, 6.45) is 2.42. The number of amides is 2. The van der Waals surface area contributed by atoms with Crippen LogP contribution in [0.4, 0.5) is 4.79 Å². The summed E-state index contributed by atoms with van der Waals surface area (Å²) in [6, 6.07) is 13.6. The molecule has 0 saturated heterocycles. The lowest BCUT2D eigenvalue weighted by Crippen LogP contribution is -2.44. The summed E-state index contributed by atoms with van der Waals surface area (Å²) >= 11 is 0. The Morgan fingerprint density at radius 1 is 1.17 bits per heavy atom. The minimum atomic E-state index is -0.220. The highest BCUT2D eigenvalue weighted by atomic mass is 16.5. The van der Waals surface area contributed by atoms with Crippen molar-refractivity contribution in [3.63, 3.8) is 0 Å². The van der Waals surface area contributed by atoms with Crippen LogP contribution in [-0.4, -0.2) is 30.8 Å². The Bertz CT molecular complexity index is 629. The first-order valence-corrected chi connectivity index (χ1v) is 8.11. The van der Waals surface area contributed by atoms with Gasteiger partial charge in [0.05, 0.1) is 24.4 Å².